The Labute approximate surface area is 167 Å². The van der Waals surface area contributed by atoms with Crippen LogP contribution in [0.25, 0.3) is 0 Å². The van der Waals surface area contributed by atoms with Crippen molar-refractivity contribution in [2.24, 2.45) is 0 Å². The molecule has 0 aromatic carbocycles. The number of halogens is 1. The third kappa shape index (κ3) is 17.6. The molecule has 0 N–H and O–H groups in total. The summed E-state index contributed by atoms with van der Waals surface area (Å²) in [6.45, 7) is 0. The standard InChI is InChI=1S/Cl.Cs.Rb.Re.S. The number of hydrogen-bond acceptors (Lipinski definition) is 0. The summed E-state index contributed by atoms with van der Waals surface area (Å²) in [5, 5.41) is 0. The monoisotopic (exact) mass is 472 g/mol. The van der Waals surface area contributed by atoms with Crippen LogP contribution in [0.1, 0.15) is 0 Å². The van der Waals surface area contributed by atoms with Gasteiger partial charge in [0.1, 0.15) is 0 Å². The topological polar surface area (TPSA) is 0 Å². The molecule has 0 amide bonds. The molecule has 0 aromatic rings. The molecule has 0 nitrogen and oxygen atoms in total. The molecular weight excluding hydrogens is 472 g/mol. The van der Waals surface area contributed by atoms with Gasteiger partial charge in [-0.05, 0) is 0 Å². The van der Waals surface area contributed by atoms with E-state index in [1.807, 2.05) is 0 Å². The van der Waals surface area contributed by atoms with Crippen molar-refractivity contribution in [1.82, 2.24) is 0 Å². The van der Waals surface area contributed by atoms with Gasteiger partial charge in [-0.25, -0.2) is 0 Å². The molecule has 0 heterocycles. The minimum absolute atomic E-state index is 0. The molecule has 0 unspecified atom stereocenters. The van der Waals surface area contributed by atoms with E-state index in [4.69, 9.17) is 0 Å². The van der Waals surface area contributed by atoms with Gasteiger partial charge in [0.05, 0.1) is 0 Å². The third-order valence-corrected chi connectivity index (χ3v) is 0. The zero-order valence-corrected chi connectivity index (χ0v) is 18.6. The first-order valence-corrected chi connectivity index (χ1v) is 0. The molecule has 22 valence electrons. The molecule has 6 radical (unpaired) electrons. The van der Waals surface area contributed by atoms with Crippen LogP contribution in [0.3, 0.4) is 0 Å². The van der Waals surface area contributed by atoms with Gasteiger partial charge in [0.25, 0.3) is 0 Å². The van der Waals surface area contributed by atoms with Crippen LogP contribution >= 0.6 is 25.9 Å². The molecule has 0 aliphatic carbocycles. The summed E-state index contributed by atoms with van der Waals surface area (Å²) in [6.07, 6.45) is 0. The van der Waals surface area contributed by atoms with Crippen LogP contribution < -0.4 is 0 Å². The molecule has 5 heteroatoms. The molecule has 0 spiro atoms. The molecule has 0 saturated heterocycles. The Morgan fingerprint density at radius 3 is 1.00 bits per heavy atom. The zero-order valence-electron chi connectivity index (χ0n) is 3.16. The van der Waals surface area contributed by atoms with Crippen molar-refractivity contribution < 1.29 is 20.4 Å². The van der Waals surface area contributed by atoms with Gasteiger partial charge in [0.2, 0.25) is 0 Å². The van der Waals surface area contributed by atoms with Crippen LogP contribution in [0.15, 0.2) is 0 Å². The van der Waals surface area contributed by atoms with Crippen LogP contribution in [0.4, 0.5) is 0 Å². The van der Waals surface area contributed by atoms with Crippen LogP contribution in [0.5, 0.6) is 0 Å². The summed E-state index contributed by atoms with van der Waals surface area (Å²) in [5.74, 6) is 0. The van der Waals surface area contributed by atoms with Gasteiger partial charge in [0.15, 0.2) is 0 Å². The predicted molar refractivity (Wildman–Crippen MR) is 25.0 cm³/mol. The Morgan fingerprint density at radius 2 is 1.00 bits per heavy atom. The molecule has 0 saturated carbocycles. The Bertz CT molecular complexity index is 11.6. The number of rotatable bonds is 0. The van der Waals surface area contributed by atoms with Crippen molar-refractivity contribution in [3.05, 3.63) is 0 Å². The summed E-state index contributed by atoms with van der Waals surface area (Å²) < 4.78 is 0. The largest absolute Gasteiger partial charge is 0 e. The van der Waals surface area contributed by atoms with Gasteiger partial charge in [-0.15, -0.1) is 0 Å². The van der Waals surface area contributed by atoms with Crippen LogP contribution in [-0.2, 0) is 20.4 Å². The summed E-state index contributed by atoms with van der Waals surface area (Å²) in [5.41, 5.74) is 0. The van der Waals surface area contributed by atoms with Gasteiger partial charge in [-0.2, -0.15) is 0 Å². The second kappa shape index (κ2) is 22.9. The molecule has 5 heavy (non-hydrogen) atoms. The van der Waals surface area contributed by atoms with Gasteiger partial charge >= 0.3 is 0 Å². The average molecular weight is 472 g/mol. The quantitative estimate of drug-likeness (QED) is 0.484. The van der Waals surface area contributed by atoms with Crippen molar-refractivity contribution in [3.63, 3.8) is 0 Å². The van der Waals surface area contributed by atoms with Crippen molar-refractivity contribution in [2.45, 2.75) is 0 Å². The summed E-state index contributed by atoms with van der Waals surface area (Å²) in [6, 6.07) is 0. The maximum atomic E-state index is 0. The van der Waals surface area contributed by atoms with E-state index in [1.165, 1.54) is 0 Å². The van der Waals surface area contributed by atoms with E-state index in [-0.39, 0.29) is 173 Å². The smallest absolute Gasteiger partial charge is 0 e. The van der Waals surface area contributed by atoms with E-state index < -0.39 is 0 Å². The normalized spacial score (nSPS) is 0. The fourth-order valence-corrected chi connectivity index (χ4v) is 0. The van der Waals surface area contributed by atoms with Crippen molar-refractivity contribution in [3.8, 4) is 0 Å². The second-order valence-corrected chi connectivity index (χ2v) is 0. The molecule has 0 fully saturated rings. The fraction of sp³-hybridized carbons (Fsp3) is 0. The van der Waals surface area contributed by atoms with Gasteiger partial charge < -0.3 is 0 Å². The predicted octanol–water partition coefficient (Wildman–Crippen LogP) is 0.574. The molecule has 0 atom stereocenters. The number of hydrogen-bond donors (Lipinski definition) is 0. The van der Waals surface area contributed by atoms with Crippen LogP contribution in [-0.4, -0.2) is 127 Å². The summed E-state index contributed by atoms with van der Waals surface area (Å²) >= 11 is 0. The Kier molecular flexibility index (Phi) is 147. The van der Waals surface area contributed by atoms with Gasteiger partial charge in [-0.3, -0.25) is 0 Å². The zero-order chi connectivity index (χ0) is 0. The van der Waals surface area contributed by atoms with E-state index >= 15 is 0 Å². The first kappa shape index (κ1) is 32.0. The van der Waals surface area contributed by atoms with E-state index in [2.05, 4.69) is 0 Å². The first-order chi connectivity index (χ1) is 0. The molecular formula is ClCsRbReS. The molecule has 0 bridgehead atoms. The van der Waals surface area contributed by atoms with Crippen molar-refractivity contribution in [2.75, 3.05) is 0 Å². The van der Waals surface area contributed by atoms with E-state index in [9.17, 15) is 0 Å². The van der Waals surface area contributed by atoms with Crippen molar-refractivity contribution in [1.29, 1.82) is 0 Å². The first-order valence-electron chi connectivity index (χ1n) is 0. The van der Waals surface area contributed by atoms with Crippen molar-refractivity contribution >= 4 is 153 Å². The maximum Gasteiger partial charge on any atom is 0 e. The van der Waals surface area contributed by atoms with E-state index in [0.29, 0.717) is 0 Å². The molecule has 0 aliphatic rings. The van der Waals surface area contributed by atoms with E-state index in [0.717, 1.165) is 0 Å². The third-order valence-electron chi connectivity index (χ3n) is 0. The van der Waals surface area contributed by atoms with Crippen LogP contribution in [0, 0.1) is 0 Å². The Hall–Kier alpha value is 5.16. The molecule has 0 rings (SSSR count). The Balaban J connectivity index is 0. The van der Waals surface area contributed by atoms with Gasteiger partial charge in [0, 0.05) is 173 Å². The van der Waals surface area contributed by atoms with E-state index in [1.54, 1.807) is 0 Å². The Morgan fingerprint density at radius 1 is 1.00 bits per heavy atom. The van der Waals surface area contributed by atoms with Crippen LogP contribution in [0.2, 0.25) is 0 Å². The minimum atomic E-state index is 0. The molecule has 0 aliphatic heterocycles. The molecule has 0 aromatic heterocycles. The second-order valence-electron chi connectivity index (χ2n) is 0. The minimum Gasteiger partial charge on any atom is 0 e. The fourth-order valence-electron chi connectivity index (χ4n) is 0. The average Bonchev–Trinajstić information content (AvgIpc) is 0. The summed E-state index contributed by atoms with van der Waals surface area (Å²) in [7, 11) is 0. The maximum absolute atomic E-state index is 0. The van der Waals surface area contributed by atoms with Gasteiger partial charge in [-0.1, -0.05) is 0 Å². The SMILES string of the molecule is [Cl].[Cs].[Rb].[Re].[S]. The summed E-state index contributed by atoms with van der Waals surface area (Å²) in [4.78, 5) is 0.